The fraction of sp³-hybridized carbons (Fsp3) is 0.120. The van der Waals surface area contributed by atoms with Crippen LogP contribution in [0.1, 0.15) is 16.7 Å². The first-order chi connectivity index (χ1) is 15.2. The highest BCUT2D eigenvalue weighted by Gasteiger charge is 2.40. The second kappa shape index (κ2) is 9.02. The zero-order valence-corrected chi connectivity index (χ0v) is 20.0. The van der Waals surface area contributed by atoms with Crippen molar-refractivity contribution in [2.75, 3.05) is 10.2 Å². The van der Waals surface area contributed by atoms with Crippen molar-refractivity contribution < 1.29 is 9.59 Å². The highest BCUT2D eigenvalue weighted by molar-refractivity contribution is 8.04. The second-order valence-corrected chi connectivity index (χ2v) is 9.56. The van der Waals surface area contributed by atoms with Gasteiger partial charge in [0.25, 0.3) is 11.8 Å². The second-order valence-electron chi connectivity index (χ2n) is 7.66. The largest absolute Gasteiger partial charge is 0.350 e. The van der Waals surface area contributed by atoms with Crippen molar-refractivity contribution in [3.8, 4) is 0 Å². The molecule has 32 heavy (non-hydrogen) atoms. The van der Waals surface area contributed by atoms with E-state index in [1.165, 1.54) is 16.7 Å². The molecule has 0 fully saturated rings. The SMILES string of the molecule is Cc1ccc(SC2=C(Nc3ccc(Cl)c(Cl)c3)C(=O)N(c3cc(C)cc(C)c3)C2=O)cc1. The van der Waals surface area contributed by atoms with Crippen molar-refractivity contribution in [3.63, 3.8) is 0 Å². The number of aryl methyl sites for hydroxylation is 3. The van der Waals surface area contributed by atoms with Crippen LogP contribution in [0.5, 0.6) is 0 Å². The first kappa shape index (κ1) is 22.5. The molecule has 162 valence electrons. The minimum absolute atomic E-state index is 0.207. The van der Waals surface area contributed by atoms with Gasteiger partial charge in [-0.3, -0.25) is 9.59 Å². The van der Waals surface area contributed by atoms with Crippen molar-refractivity contribution in [1.82, 2.24) is 0 Å². The normalized spacial score (nSPS) is 13.8. The van der Waals surface area contributed by atoms with E-state index in [1.54, 1.807) is 18.2 Å². The number of hydrogen-bond donors (Lipinski definition) is 1. The maximum atomic E-state index is 13.5. The van der Waals surface area contributed by atoms with Crippen molar-refractivity contribution in [3.05, 3.63) is 98.0 Å². The molecule has 1 aliphatic heterocycles. The zero-order chi connectivity index (χ0) is 23.0. The Morgan fingerprint density at radius 2 is 1.41 bits per heavy atom. The molecule has 1 heterocycles. The lowest BCUT2D eigenvalue weighted by Gasteiger charge is -2.17. The summed E-state index contributed by atoms with van der Waals surface area (Å²) in [6.07, 6.45) is 0. The number of nitrogens with one attached hydrogen (secondary N) is 1. The lowest BCUT2D eigenvalue weighted by Crippen LogP contribution is -2.32. The number of halogens is 2. The van der Waals surface area contributed by atoms with Gasteiger partial charge in [-0.1, -0.05) is 58.7 Å². The lowest BCUT2D eigenvalue weighted by atomic mass is 10.1. The summed E-state index contributed by atoms with van der Waals surface area (Å²) in [6, 6.07) is 18.5. The molecule has 0 spiro atoms. The number of imide groups is 1. The van der Waals surface area contributed by atoms with Crippen LogP contribution in [0.25, 0.3) is 0 Å². The van der Waals surface area contributed by atoms with Crippen LogP contribution in [0.2, 0.25) is 10.0 Å². The molecule has 0 aliphatic carbocycles. The first-order valence-corrected chi connectivity index (χ1v) is 11.5. The molecule has 0 radical (unpaired) electrons. The third kappa shape index (κ3) is 4.56. The summed E-state index contributed by atoms with van der Waals surface area (Å²) in [5.74, 6) is -0.784. The molecule has 7 heteroatoms. The van der Waals surface area contributed by atoms with Crippen LogP contribution in [-0.2, 0) is 9.59 Å². The number of rotatable bonds is 5. The number of thioether (sulfide) groups is 1. The smallest absolute Gasteiger partial charge is 0.283 e. The van der Waals surface area contributed by atoms with Crippen molar-refractivity contribution in [1.29, 1.82) is 0 Å². The number of anilines is 2. The monoisotopic (exact) mass is 482 g/mol. The van der Waals surface area contributed by atoms with E-state index >= 15 is 0 Å². The van der Waals surface area contributed by atoms with E-state index in [-0.39, 0.29) is 11.6 Å². The summed E-state index contributed by atoms with van der Waals surface area (Å²) < 4.78 is 0. The molecule has 0 atom stereocenters. The third-order valence-electron chi connectivity index (χ3n) is 4.94. The molecule has 0 saturated heterocycles. The molecule has 2 amide bonds. The molecule has 0 bridgehead atoms. The zero-order valence-electron chi connectivity index (χ0n) is 17.7. The van der Waals surface area contributed by atoms with Gasteiger partial charge in [0, 0.05) is 10.6 Å². The molecule has 4 rings (SSSR count). The predicted octanol–water partition coefficient (Wildman–Crippen LogP) is 6.91. The van der Waals surface area contributed by atoms with Crippen LogP contribution in [-0.4, -0.2) is 11.8 Å². The average molecular weight is 483 g/mol. The van der Waals surface area contributed by atoms with Gasteiger partial charge in [-0.2, -0.15) is 0 Å². The van der Waals surface area contributed by atoms with Gasteiger partial charge in [0.1, 0.15) is 10.6 Å². The van der Waals surface area contributed by atoms with Gasteiger partial charge in [-0.25, -0.2) is 4.90 Å². The Hall–Kier alpha value is -2.73. The summed E-state index contributed by atoms with van der Waals surface area (Å²) in [5.41, 5.74) is 4.38. The molecule has 4 nitrogen and oxygen atoms in total. The van der Waals surface area contributed by atoms with Gasteiger partial charge in [-0.05, 0) is 74.4 Å². The van der Waals surface area contributed by atoms with E-state index in [2.05, 4.69) is 5.32 Å². The number of carbonyl (C=O) groups is 2. The molecule has 1 N–H and O–H groups in total. The van der Waals surface area contributed by atoms with Gasteiger partial charge in [-0.15, -0.1) is 0 Å². The van der Waals surface area contributed by atoms with E-state index in [0.717, 1.165) is 21.6 Å². The number of benzene rings is 3. The van der Waals surface area contributed by atoms with Crippen LogP contribution in [0, 0.1) is 20.8 Å². The fourth-order valence-electron chi connectivity index (χ4n) is 3.47. The lowest BCUT2D eigenvalue weighted by molar-refractivity contribution is -0.120. The summed E-state index contributed by atoms with van der Waals surface area (Å²) >= 11 is 13.4. The Morgan fingerprint density at radius 1 is 0.750 bits per heavy atom. The Balaban J connectivity index is 1.77. The van der Waals surface area contributed by atoms with Gasteiger partial charge in [0.2, 0.25) is 0 Å². The third-order valence-corrected chi connectivity index (χ3v) is 6.77. The summed E-state index contributed by atoms with van der Waals surface area (Å²) in [7, 11) is 0. The van der Waals surface area contributed by atoms with Crippen LogP contribution < -0.4 is 10.2 Å². The Labute approximate surface area is 201 Å². The van der Waals surface area contributed by atoms with E-state index in [1.807, 2.05) is 63.2 Å². The molecule has 3 aromatic rings. The molecular formula is C25H20Cl2N2O2S. The summed E-state index contributed by atoms with van der Waals surface area (Å²) in [4.78, 5) is 29.3. The van der Waals surface area contributed by atoms with E-state index in [4.69, 9.17) is 23.2 Å². The fourth-order valence-corrected chi connectivity index (χ4v) is 4.70. The van der Waals surface area contributed by atoms with Crippen molar-refractivity contribution in [2.24, 2.45) is 0 Å². The summed E-state index contributed by atoms with van der Waals surface area (Å²) in [5, 5.41) is 3.87. The minimum Gasteiger partial charge on any atom is -0.350 e. The van der Waals surface area contributed by atoms with Gasteiger partial charge in [0.15, 0.2) is 0 Å². The number of nitrogens with zero attached hydrogens (tertiary/aromatic N) is 1. The maximum Gasteiger partial charge on any atom is 0.283 e. The van der Waals surface area contributed by atoms with Crippen LogP contribution in [0.15, 0.2) is 76.2 Å². The molecule has 3 aromatic carbocycles. The van der Waals surface area contributed by atoms with Gasteiger partial charge in [0.05, 0.1) is 15.7 Å². The number of hydrogen-bond acceptors (Lipinski definition) is 4. The molecule has 1 aliphatic rings. The van der Waals surface area contributed by atoms with Gasteiger partial charge < -0.3 is 5.32 Å². The van der Waals surface area contributed by atoms with Gasteiger partial charge >= 0.3 is 0 Å². The molecule has 0 aromatic heterocycles. The van der Waals surface area contributed by atoms with Crippen LogP contribution in [0.4, 0.5) is 11.4 Å². The van der Waals surface area contributed by atoms with Crippen LogP contribution >= 0.6 is 35.0 Å². The topological polar surface area (TPSA) is 49.4 Å². The Bertz CT molecular complexity index is 1250. The van der Waals surface area contributed by atoms with E-state index in [9.17, 15) is 9.59 Å². The van der Waals surface area contributed by atoms with E-state index in [0.29, 0.717) is 26.3 Å². The quantitative estimate of drug-likeness (QED) is 0.401. The molecular weight excluding hydrogens is 463 g/mol. The van der Waals surface area contributed by atoms with Crippen LogP contribution in [0.3, 0.4) is 0 Å². The Kier molecular flexibility index (Phi) is 6.33. The Morgan fingerprint density at radius 3 is 2.03 bits per heavy atom. The number of carbonyl (C=O) groups excluding carboxylic acids is 2. The highest BCUT2D eigenvalue weighted by atomic mass is 35.5. The maximum absolute atomic E-state index is 13.5. The molecule has 0 unspecified atom stereocenters. The van der Waals surface area contributed by atoms with Crippen molar-refractivity contribution in [2.45, 2.75) is 25.7 Å². The molecule has 0 saturated carbocycles. The standard InChI is InChI=1S/C25H20Cl2N2O2S/c1-14-4-7-19(8-5-14)32-23-22(28-17-6-9-20(26)21(27)13-17)24(30)29(25(23)31)18-11-15(2)10-16(3)12-18/h4-13,28H,1-3H3. The average Bonchev–Trinajstić information content (AvgIpc) is 2.95. The predicted molar refractivity (Wildman–Crippen MR) is 133 cm³/mol. The summed E-state index contributed by atoms with van der Waals surface area (Å²) in [6.45, 7) is 5.87. The highest BCUT2D eigenvalue weighted by Crippen LogP contribution is 2.38. The number of amides is 2. The minimum atomic E-state index is -0.416. The first-order valence-electron chi connectivity index (χ1n) is 9.91. The van der Waals surface area contributed by atoms with E-state index < -0.39 is 5.91 Å². The van der Waals surface area contributed by atoms with Crippen molar-refractivity contribution >= 4 is 58.2 Å².